The number of hydrogen-bond acceptors (Lipinski definition) is 2. The van der Waals surface area contributed by atoms with Crippen LogP contribution in [0.5, 0.6) is 0 Å². The monoisotopic (exact) mass is 208 g/mol. The molecule has 2 aliphatic heterocycles. The van der Waals surface area contributed by atoms with Gasteiger partial charge in [-0.1, -0.05) is 19.3 Å². The van der Waals surface area contributed by atoms with Gasteiger partial charge in [-0.25, -0.2) is 0 Å². The lowest BCUT2D eigenvalue weighted by Gasteiger charge is -2.58. The molecule has 3 fully saturated rings. The van der Waals surface area contributed by atoms with Crippen LogP contribution in [0.2, 0.25) is 0 Å². The van der Waals surface area contributed by atoms with Crippen LogP contribution in [-0.4, -0.2) is 36.6 Å². The highest BCUT2D eigenvalue weighted by molar-refractivity contribution is 5.05. The van der Waals surface area contributed by atoms with E-state index < -0.39 is 0 Å². The molecule has 3 aliphatic rings. The maximum Gasteiger partial charge on any atom is 0.0318 e. The van der Waals surface area contributed by atoms with Gasteiger partial charge in [0.1, 0.15) is 0 Å². The Morgan fingerprint density at radius 1 is 1.00 bits per heavy atom. The third-order valence-corrected chi connectivity index (χ3v) is 5.08. The van der Waals surface area contributed by atoms with E-state index in [-0.39, 0.29) is 0 Å². The van der Waals surface area contributed by atoms with E-state index in [9.17, 15) is 0 Å². The van der Waals surface area contributed by atoms with Crippen molar-refractivity contribution in [3.05, 3.63) is 0 Å². The number of likely N-dealkylation sites (tertiary alicyclic amines) is 1. The molecule has 15 heavy (non-hydrogen) atoms. The average molecular weight is 208 g/mol. The van der Waals surface area contributed by atoms with Gasteiger partial charge in [-0.2, -0.15) is 0 Å². The van der Waals surface area contributed by atoms with Crippen LogP contribution in [0.3, 0.4) is 0 Å². The third-order valence-electron chi connectivity index (χ3n) is 5.08. The number of rotatable bonds is 1. The zero-order valence-corrected chi connectivity index (χ0v) is 10.0. The van der Waals surface area contributed by atoms with Gasteiger partial charge in [0, 0.05) is 25.2 Å². The van der Waals surface area contributed by atoms with Crippen molar-refractivity contribution in [2.45, 2.75) is 51.0 Å². The molecule has 2 nitrogen and oxygen atoms in total. The molecule has 0 aromatic carbocycles. The van der Waals surface area contributed by atoms with Crippen LogP contribution in [0.1, 0.15) is 45.4 Å². The smallest absolute Gasteiger partial charge is 0.0318 e. The topological polar surface area (TPSA) is 15.3 Å². The van der Waals surface area contributed by atoms with E-state index in [4.69, 9.17) is 0 Å². The minimum Gasteiger partial charge on any atom is -0.315 e. The van der Waals surface area contributed by atoms with Gasteiger partial charge in [0.25, 0.3) is 0 Å². The molecule has 2 heteroatoms. The van der Waals surface area contributed by atoms with Crippen LogP contribution in [-0.2, 0) is 0 Å². The largest absolute Gasteiger partial charge is 0.315 e. The normalized spacial score (nSPS) is 40.6. The fraction of sp³-hybridized carbons (Fsp3) is 1.00. The number of nitrogens with one attached hydrogen (secondary N) is 1. The van der Waals surface area contributed by atoms with Crippen LogP contribution >= 0.6 is 0 Å². The van der Waals surface area contributed by atoms with Gasteiger partial charge in [0.15, 0.2) is 0 Å². The second-order valence-corrected chi connectivity index (χ2v) is 6.34. The second kappa shape index (κ2) is 3.46. The van der Waals surface area contributed by atoms with Crippen molar-refractivity contribution in [3.8, 4) is 0 Å². The summed E-state index contributed by atoms with van der Waals surface area (Å²) in [5, 5.41) is 3.51. The van der Waals surface area contributed by atoms with Crippen LogP contribution in [0.25, 0.3) is 0 Å². The van der Waals surface area contributed by atoms with Crippen molar-refractivity contribution in [1.82, 2.24) is 10.2 Å². The molecule has 0 aromatic rings. The maximum absolute atomic E-state index is 3.51. The van der Waals surface area contributed by atoms with E-state index in [1.165, 1.54) is 64.7 Å². The summed E-state index contributed by atoms with van der Waals surface area (Å²) in [6, 6.07) is 0. The van der Waals surface area contributed by atoms with E-state index in [2.05, 4.69) is 17.1 Å². The van der Waals surface area contributed by atoms with Gasteiger partial charge in [0.2, 0.25) is 0 Å². The SMILES string of the molecule is CC1(N2CC3(CCCCC3)C2)CCNC1. The average Bonchev–Trinajstić information content (AvgIpc) is 2.64. The highest BCUT2D eigenvalue weighted by Crippen LogP contribution is 2.47. The molecule has 1 N–H and O–H groups in total. The number of nitrogens with zero attached hydrogens (tertiary/aromatic N) is 1. The number of hydrogen-bond donors (Lipinski definition) is 1. The molecule has 86 valence electrons. The Balaban J connectivity index is 1.60. The minimum absolute atomic E-state index is 0.489. The minimum atomic E-state index is 0.489. The molecular weight excluding hydrogens is 184 g/mol. The Morgan fingerprint density at radius 2 is 1.73 bits per heavy atom. The van der Waals surface area contributed by atoms with Gasteiger partial charge in [0.05, 0.1) is 0 Å². The quantitative estimate of drug-likeness (QED) is 0.709. The predicted molar refractivity (Wildman–Crippen MR) is 63.0 cm³/mol. The van der Waals surface area contributed by atoms with Gasteiger partial charge < -0.3 is 5.32 Å². The molecule has 0 radical (unpaired) electrons. The first-order valence-corrected chi connectivity index (χ1v) is 6.68. The summed E-state index contributed by atoms with van der Waals surface area (Å²) in [4.78, 5) is 2.75. The van der Waals surface area contributed by atoms with Gasteiger partial charge in [-0.05, 0) is 38.1 Å². The highest BCUT2D eigenvalue weighted by Gasteiger charge is 2.50. The van der Waals surface area contributed by atoms with Gasteiger partial charge in [-0.3, -0.25) is 4.90 Å². The first-order chi connectivity index (χ1) is 7.23. The summed E-state index contributed by atoms with van der Waals surface area (Å²) in [6.07, 6.45) is 8.83. The van der Waals surface area contributed by atoms with Crippen LogP contribution in [0, 0.1) is 5.41 Å². The zero-order valence-electron chi connectivity index (χ0n) is 10.0. The van der Waals surface area contributed by atoms with Crippen molar-refractivity contribution in [2.75, 3.05) is 26.2 Å². The molecule has 2 heterocycles. The molecule has 0 bridgehead atoms. The van der Waals surface area contributed by atoms with Crippen LogP contribution in [0.15, 0.2) is 0 Å². The summed E-state index contributed by atoms with van der Waals surface area (Å²) in [6.45, 7) is 7.67. The Kier molecular flexibility index (Phi) is 2.33. The summed E-state index contributed by atoms with van der Waals surface area (Å²) in [7, 11) is 0. The summed E-state index contributed by atoms with van der Waals surface area (Å²) in [5.41, 5.74) is 1.24. The molecule has 1 spiro atoms. The standard InChI is InChI=1S/C13H24N2/c1-12(7-8-14-9-12)15-10-13(11-15)5-3-2-4-6-13/h14H,2-11H2,1H3. The molecule has 1 unspecified atom stereocenters. The van der Waals surface area contributed by atoms with E-state index in [1.54, 1.807) is 0 Å². The molecule has 1 aliphatic carbocycles. The first-order valence-electron chi connectivity index (χ1n) is 6.68. The van der Waals surface area contributed by atoms with Crippen LogP contribution < -0.4 is 5.32 Å². The lowest BCUT2D eigenvalue weighted by molar-refractivity contribution is -0.0839. The van der Waals surface area contributed by atoms with E-state index in [0.29, 0.717) is 5.54 Å². The first kappa shape index (κ1) is 10.1. The Morgan fingerprint density at radius 3 is 2.33 bits per heavy atom. The fourth-order valence-corrected chi connectivity index (χ4v) is 3.84. The van der Waals surface area contributed by atoms with Gasteiger partial charge >= 0.3 is 0 Å². The highest BCUT2D eigenvalue weighted by atomic mass is 15.3. The molecular formula is C13H24N2. The van der Waals surface area contributed by atoms with Gasteiger partial charge in [-0.15, -0.1) is 0 Å². The van der Waals surface area contributed by atoms with Crippen molar-refractivity contribution in [1.29, 1.82) is 0 Å². The Hall–Kier alpha value is -0.0800. The summed E-state index contributed by atoms with van der Waals surface area (Å²) >= 11 is 0. The van der Waals surface area contributed by atoms with E-state index in [1.807, 2.05) is 0 Å². The van der Waals surface area contributed by atoms with Crippen LogP contribution in [0.4, 0.5) is 0 Å². The molecule has 0 amide bonds. The zero-order chi connectivity index (χ0) is 10.4. The Bertz CT molecular complexity index is 229. The molecule has 2 saturated heterocycles. The van der Waals surface area contributed by atoms with E-state index in [0.717, 1.165) is 5.41 Å². The Labute approximate surface area is 93.4 Å². The fourth-order valence-electron chi connectivity index (χ4n) is 3.84. The van der Waals surface area contributed by atoms with Crippen molar-refractivity contribution in [2.24, 2.45) is 5.41 Å². The van der Waals surface area contributed by atoms with E-state index >= 15 is 0 Å². The maximum atomic E-state index is 3.51. The lowest BCUT2D eigenvalue weighted by atomic mass is 9.67. The molecule has 1 saturated carbocycles. The molecule has 1 atom stereocenters. The van der Waals surface area contributed by atoms with Crippen molar-refractivity contribution < 1.29 is 0 Å². The summed E-state index contributed by atoms with van der Waals surface area (Å²) in [5.74, 6) is 0. The van der Waals surface area contributed by atoms with Crippen molar-refractivity contribution in [3.63, 3.8) is 0 Å². The van der Waals surface area contributed by atoms with Crippen molar-refractivity contribution >= 4 is 0 Å². The lowest BCUT2D eigenvalue weighted by Crippen LogP contribution is -2.65. The third kappa shape index (κ3) is 1.62. The second-order valence-electron chi connectivity index (χ2n) is 6.34. The predicted octanol–water partition coefficient (Wildman–Crippen LogP) is 2.00. The molecule has 3 rings (SSSR count). The molecule has 0 aromatic heterocycles. The summed E-state index contributed by atoms with van der Waals surface area (Å²) < 4.78 is 0.